The first kappa shape index (κ1) is 52.1. The topological polar surface area (TPSA) is 174 Å². The van der Waals surface area contributed by atoms with E-state index in [0.29, 0.717) is 84.9 Å². The van der Waals surface area contributed by atoms with E-state index in [0.717, 1.165) is 107 Å². The Labute approximate surface area is 450 Å². The van der Waals surface area contributed by atoms with Gasteiger partial charge in [0.1, 0.15) is 23.2 Å². The van der Waals surface area contributed by atoms with E-state index in [9.17, 15) is 9.59 Å². The van der Waals surface area contributed by atoms with E-state index < -0.39 is 35.6 Å². The van der Waals surface area contributed by atoms with Gasteiger partial charge in [-0.2, -0.15) is 0 Å². The van der Waals surface area contributed by atoms with Gasteiger partial charge < -0.3 is 43.2 Å². The summed E-state index contributed by atoms with van der Waals surface area (Å²) in [5.74, 6) is -1.07. The average molecular weight is 1060 g/mol. The number of piperazine rings is 1. The quantitative estimate of drug-likeness (QED) is 0.157. The molecular weight excluding hydrogens is 987 g/mol. The number of carbonyl (C=O) groups excluding carboxylic acids is 3. The maximum atomic E-state index is 15.2. The second-order valence-corrected chi connectivity index (χ2v) is 24.7. The number of ether oxygens (including phenoxy) is 6. The lowest BCUT2D eigenvalue weighted by Crippen LogP contribution is -2.67. The maximum Gasteiger partial charge on any atom is 0.324 e. The lowest BCUT2D eigenvalue weighted by Gasteiger charge is -2.52. The number of pyridine rings is 1. The highest BCUT2D eigenvalue weighted by Gasteiger charge is 2.53. The predicted molar refractivity (Wildman–Crippen MR) is 288 cm³/mol. The number of fused-ring (bicyclic) bond motifs is 6. The number of thiazole rings is 1. The number of carbonyl (C=O) groups is 3. The van der Waals surface area contributed by atoms with E-state index in [4.69, 9.17) is 38.4 Å². The molecule has 6 atom stereocenters. The highest BCUT2D eigenvalue weighted by atomic mass is 32.1. The van der Waals surface area contributed by atoms with Crippen molar-refractivity contribution in [2.45, 2.75) is 141 Å². The molecule has 6 saturated heterocycles. The summed E-state index contributed by atoms with van der Waals surface area (Å²) >= 11 is 1.51. The summed E-state index contributed by atoms with van der Waals surface area (Å²) < 4.78 is 39.1. The van der Waals surface area contributed by atoms with Gasteiger partial charge in [0.05, 0.1) is 73.1 Å². The summed E-state index contributed by atoms with van der Waals surface area (Å²) in [4.78, 5) is 61.8. The molecule has 3 aromatic heterocycles. The Morgan fingerprint density at radius 2 is 1.79 bits per heavy atom. The largest absolute Gasteiger partial charge is 0.464 e. The van der Waals surface area contributed by atoms with E-state index in [2.05, 4.69) is 80.4 Å². The van der Waals surface area contributed by atoms with Crippen LogP contribution >= 0.6 is 11.3 Å². The molecule has 1 saturated carbocycles. The fourth-order valence-corrected chi connectivity index (χ4v) is 13.9. The van der Waals surface area contributed by atoms with Crippen molar-refractivity contribution in [1.29, 1.82) is 0 Å². The monoisotopic (exact) mass is 1060 g/mol. The molecule has 410 valence electrons. The number of likely N-dealkylation sites (tertiary alicyclic amines) is 1. The number of aromatic nitrogens is 3. The number of nitrogens with one attached hydrogen (secondary N) is 2. The Balaban J connectivity index is 1.00. The van der Waals surface area contributed by atoms with E-state index in [-0.39, 0.29) is 42.1 Å². The molecule has 12 rings (SSSR count). The number of amides is 2. The summed E-state index contributed by atoms with van der Waals surface area (Å²) in [5.41, 5.74) is 10.6. The summed E-state index contributed by atoms with van der Waals surface area (Å²) in [6, 6.07) is 7.30. The van der Waals surface area contributed by atoms with Gasteiger partial charge in [0.2, 0.25) is 5.91 Å². The molecule has 0 unspecified atom stereocenters. The Morgan fingerprint density at radius 3 is 2.53 bits per heavy atom. The molecule has 0 radical (unpaired) electrons. The molecule has 7 fully saturated rings. The lowest BCUT2D eigenvalue weighted by atomic mass is 9.77. The zero-order valence-electron chi connectivity index (χ0n) is 45.1. The minimum Gasteiger partial charge on any atom is -0.464 e. The van der Waals surface area contributed by atoms with E-state index in [1.54, 1.807) is 7.11 Å². The van der Waals surface area contributed by atoms with Crippen molar-refractivity contribution in [3.8, 4) is 22.5 Å². The van der Waals surface area contributed by atoms with Crippen LogP contribution in [0.3, 0.4) is 0 Å². The van der Waals surface area contributed by atoms with Gasteiger partial charge in [-0.1, -0.05) is 19.9 Å². The molecular formula is C57H77N9O9S. The second-order valence-electron chi connectivity index (χ2n) is 23.8. The number of rotatable bonds is 12. The first-order valence-corrected chi connectivity index (χ1v) is 29.0. The van der Waals surface area contributed by atoms with Crippen molar-refractivity contribution in [3.05, 3.63) is 52.1 Å². The predicted octanol–water partition coefficient (Wildman–Crippen LogP) is 6.06. The van der Waals surface area contributed by atoms with Crippen molar-refractivity contribution in [1.82, 2.24) is 40.1 Å². The minimum atomic E-state index is -1.03. The van der Waals surface area contributed by atoms with Crippen molar-refractivity contribution in [2.24, 2.45) is 10.8 Å². The third-order valence-corrected chi connectivity index (χ3v) is 18.4. The SMILES string of the molecule is CO[C@@H](C)c1ncc(N2CCN(C3CC3)CC2)cc1-c1c2c3cc(ccc3n1CCOC1CCOCC1)-c1csc(n1)[C@@H](N1CC3(CCOC3)C1)[C@H](NC(=O)[C@@H]1C[C@@H](C)O1)C(=O)N1CCC[C@H](N1)C(=O)OCC(C)(C)C2. The number of benzene rings is 1. The first-order chi connectivity index (χ1) is 36.8. The molecule has 4 aromatic rings. The number of hydrogen-bond acceptors (Lipinski definition) is 16. The molecule has 2 N–H and O–H groups in total. The second kappa shape index (κ2) is 21.6. The van der Waals surface area contributed by atoms with Gasteiger partial charge in [-0.25, -0.2) is 10.4 Å². The van der Waals surface area contributed by atoms with Crippen molar-refractivity contribution in [3.63, 3.8) is 0 Å². The number of hydrazine groups is 1. The fraction of sp³-hybridized carbons (Fsp3) is 0.667. The number of nitrogens with zero attached hydrogens (tertiary/aromatic N) is 7. The first-order valence-electron chi connectivity index (χ1n) is 28.2. The zero-order chi connectivity index (χ0) is 52.3. The van der Waals surface area contributed by atoms with Crippen LogP contribution < -0.4 is 15.6 Å². The summed E-state index contributed by atoms with van der Waals surface area (Å²) in [6.07, 6.45) is 8.60. The van der Waals surface area contributed by atoms with Gasteiger partial charge in [-0.15, -0.1) is 11.3 Å². The number of anilines is 1. The fourth-order valence-electron chi connectivity index (χ4n) is 12.9. The number of methoxy groups -OCH3 is 1. The van der Waals surface area contributed by atoms with Crippen molar-refractivity contribution in [2.75, 3.05) is 97.5 Å². The van der Waals surface area contributed by atoms with Gasteiger partial charge in [0.15, 0.2) is 0 Å². The minimum absolute atomic E-state index is 0.0225. The molecule has 6 bridgehead atoms. The average Bonchev–Trinajstić information content (AvgIpc) is 3.91. The summed E-state index contributed by atoms with van der Waals surface area (Å²) in [5, 5.41) is 8.60. The third-order valence-electron chi connectivity index (χ3n) is 17.5. The van der Waals surface area contributed by atoms with Crippen LogP contribution in [0.25, 0.3) is 33.4 Å². The Morgan fingerprint density at radius 1 is 0.987 bits per heavy atom. The lowest BCUT2D eigenvalue weighted by molar-refractivity contribution is -0.164. The molecule has 19 heteroatoms. The smallest absolute Gasteiger partial charge is 0.324 e. The van der Waals surface area contributed by atoms with Crippen LogP contribution in [0, 0.1) is 10.8 Å². The molecule has 7 aliphatic heterocycles. The van der Waals surface area contributed by atoms with E-state index >= 15 is 4.79 Å². The van der Waals surface area contributed by atoms with Crippen LogP contribution in [0.4, 0.5) is 5.69 Å². The van der Waals surface area contributed by atoms with Crippen molar-refractivity contribution < 1.29 is 42.8 Å². The Kier molecular flexibility index (Phi) is 14.8. The standard InChI is InChI=1S/C57H77N9O9S/c1-35-25-47(75-35)52(67)60-49-51(64-31-57(32-64)14-23-72-34-57)53-59-45(30-76-53)37-8-11-46-41(26-37)43(28-56(3,4)33-74-55(69)44-7-6-15-66(61-44)54(49)68)50(65(46)20-24-73-40-12-21-71-22-13-40)42-27-39(29-58-48(42)36(2)70-5)63-18-16-62(17-19-63)38-9-10-38/h8,11,26-27,29-30,35-36,38,40,44,47,49,51,61H,6-7,9-10,12-25,28,31-34H2,1-5H3,(H,60,67)/t35-,36+,44+,47+,49+,51+/m1/s1. The van der Waals surface area contributed by atoms with E-state index in [1.165, 1.54) is 29.2 Å². The maximum absolute atomic E-state index is 15.2. The van der Waals surface area contributed by atoms with Gasteiger partial charge in [0.25, 0.3) is 5.91 Å². The molecule has 2 amide bonds. The van der Waals surface area contributed by atoms with Crippen LogP contribution in [-0.2, 0) is 55.8 Å². The Bertz CT molecular complexity index is 2760. The molecule has 1 aliphatic carbocycles. The number of esters is 1. The molecule has 1 aromatic carbocycles. The van der Waals surface area contributed by atoms with E-state index in [1.807, 2.05) is 13.1 Å². The molecule has 8 aliphatic rings. The number of cyclic esters (lactones) is 1. The highest BCUT2D eigenvalue weighted by Crippen LogP contribution is 2.47. The van der Waals surface area contributed by atoms with Gasteiger partial charge in [-0.05, 0) is 89.0 Å². The summed E-state index contributed by atoms with van der Waals surface area (Å²) in [7, 11) is 1.74. The van der Waals surface area contributed by atoms with Gasteiger partial charge >= 0.3 is 5.97 Å². The van der Waals surface area contributed by atoms with Crippen LogP contribution in [0.1, 0.15) is 107 Å². The Hall–Kier alpha value is -4.57. The van der Waals surface area contributed by atoms with Gasteiger partial charge in [0, 0.05) is 130 Å². The highest BCUT2D eigenvalue weighted by molar-refractivity contribution is 7.10. The zero-order valence-corrected chi connectivity index (χ0v) is 45.9. The third kappa shape index (κ3) is 10.6. The molecule has 1 spiro atoms. The van der Waals surface area contributed by atoms with Gasteiger partial charge in [-0.3, -0.25) is 34.2 Å². The van der Waals surface area contributed by atoms with Crippen LogP contribution in [-0.4, -0.2) is 176 Å². The summed E-state index contributed by atoms with van der Waals surface area (Å²) in [6.45, 7) is 18.0. The normalized spacial score (nSPS) is 28.0. The van der Waals surface area contributed by atoms with Crippen LogP contribution in [0.2, 0.25) is 0 Å². The molecule has 10 heterocycles. The number of hydrogen-bond donors (Lipinski definition) is 2. The van der Waals surface area contributed by atoms with Crippen molar-refractivity contribution >= 4 is 45.7 Å². The van der Waals surface area contributed by atoms with Crippen LogP contribution in [0.15, 0.2) is 35.8 Å². The molecule has 76 heavy (non-hydrogen) atoms. The van der Waals surface area contributed by atoms with Crippen LogP contribution in [0.5, 0.6) is 0 Å². The molecule has 18 nitrogen and oxygen atoms in total.